The van der Waals surface area contributed by atoms with Gasteiger partial charge in [0.25, 0.3) is 0 Å². The molecule has 2 aromatic carbocycles. The average molecular weight is 423 g/mol. The number of allylic oxidation sites excluding steroid dienone is 1. The first-order valence-corrected chi connectivity index (χ1v) is 13.4. The Bertz CT molecular complexity index is 615. The zero-order chi connectivity index (χ0) is 18.2. The molecule has 4 heteroatoms. The Balaban J connectivity index is 2.65. The van der Waals surface area contributed by atoms with Crippen LogP contribution in [0.25, 0.3) is 0 Å². The van der Waals surface area contributed by atoms with Crippen LogP contribution in [0, 0.1) is 0 Å². The molecule has 0 spiro atoms. The predicted octanol–water partition coefficient (Wildman–Crippen LogP) is 5.09. The maximum absolute atomic E-state index is 5.94. The van der Waals surface area contributed by atoms with Crippen LogP contribution in [0.15, 0.2) is 73.3 Å². The Morgan fingerprint density at radius 2 is 1.36 bits per heavy atom. The number of ether oxygens (including phenoxy) is 2. The molecule has 0 bridgehead atoms. The summed E-state index contributed by atoms with van der Waals surface area (Å²) in [5.41, 5.74) is 0. The first kappa shape index (κ1) is 20.3. The zero-order valence-corrected chi connectivity index (χ0v) is 17.6. The fourth-order valence-electron chi connectivity index (χ4n) is 3.29. The van der Waals surface area contributed by atoms with Gasteiger partial charge in [-0.15, -0.1) is 0 Å². The molecule has 2 nitrogen and oxygen atoms in total. The van der Waals surface area contributed by atoms with E-state index in [-0.39, 0.29) is 6.29 Å². The fraction of sp³-hybridized carbons (Fsp3) is 0.333. The maximum atomic E-state index is 5.94. The van der Waals surface area contributed by atoms with Gasteiger partial charge < -0.3 is 0 Å². The van der Waals surface area contributed by atoms with Gasteiger partial charge in [0.05, 0.1) is 0 Å². The van der Waals surface area contributed by atoms with Crippen molar-refractivity contribution in [2.75, 3.05) is 25.5 Å². The van der Waals surface area contributed by atoms with Crippen LogP contribution in [-0.4, -0.2) is 31.8 Å². The van der Waals surface area contributed by atoms with Crippen LogP contribution in [0.2, 0.25) is 0 Å². The van der Waals surface area contributed by atoms with Crippen molar-refractivity contribution in [1.29, 1.82) is 0 Å². The van der Waals surface area contributed by atoms with E-state index in [2.05, 4.69) is 82.7 Å². The summed E-state index contributed by atoms with van der Waals surface area (Å²) in [5.74, 6) is 0. The van der Waals surface area contributed by atoms with Crippen LogP contribution < -0.4 is 10.6 Å². The van der Waals surface area contributed by atoms with Crippen molar-refractivity contribution in [3.05, 3.63) is 73.3 Å². The topological polar surface area (TPSA) is 18.5 Å². The Morgan fingerprint density at radius 1 is 0.920 bits per heavy atom. The van der Waals surface area contributed by atoms with E-state index < -0.39 is 5.31 Å². The summed E-state index contributed by atoms with van der Waals surface area (Å²) in [5, 5.41) is -0.155. The molecule has 2 rings (SSSR count). The molecule has 136 valence electrons. The van der Waals surface area contributed by atoms with Crippen LogP contribution >= 0.6 is 20.8 Å². The van der Waals surface area contributed by atoms with Crippen LogP contribution in [0.1, 0.15) is 13.8 Å². The molecular weight excluding hydrogens is 395 g/mol. The van der Waals surface area contributed by atoms with E-state index in [4.69, 9.17) is 9.47 Å². The number of benzene rings is 2. The molecule has 0 aliphatic carbocycles. The molecule has 0 aromatic heterocycles. The first-order valence-electron chi connectivity index (χ1n) is 8.76. The van der Waals surface area contributed by atoms with Crippen molar-refractivity contribution in [1.82, 2.24) is 0 Å². The van der Waals surface area contributed by atoms with Crippen LogP contribution in [0.5, 0.6) is 0 Å². The molecule has 0 amide bonds. The van der Waals surface area contributed by atoms with Gasteiger partial charge in [0.2, 0.25) is 0 Å². The van der Waals surface area contributed by atoms with E-state index in [0.29, 0.717) is 13.2 Å². The van der Waals surface area contributed by atoms with Crippen molar-refractivity contribution >= 4 is 31.4 Å². The Kier molecular flexibility index (Phi) is 7.39. The van der Waals surface area contributed by atoms with Crippen molar-refractivity contribution in [3.8, 4) is 0 Å². The van der Waals surface area contributed by atoms with Gasteiger partial charge in [-0.2, -0.15) is 0 Å². The molecule has 0 aliphatic heterocycles. The number of hydrogen-bond donors (Lipinski definition) is 0. The SMILES string of the molecule is C=CCP(Br)(CC(OCC)OCC)(c1ccccc1)c1ccccc1. The number of halogens is 1. The molecule has 0 saturated carbocycles. The van der Waals surface area contributed by atoms with Gasteiger partial charge in [-0.05, 0) is 0 Å². The van der Waals surface area contributed by atoms with Crippen LogP contribution in [0.4, 0.5) is 0 Å². The van der Waals surface area contributed by atoms with Crippen molar-refractivity contribution in [2.24, 2.45) is 0 Å². The second kappa shape index (κ2) is 9.09. The van der Waals surface area contributed by atoms with E-state index in [1.54, 1.807) is 0 Å². The summed E-state index contributed by atoms with van der Waals surface area (Å²) in [6.45, 7) is 9.33. The van der Waals surface area contributed by atoms with Gasteiger partial charge in [-0.1, -0.05) is 0 Å². The zero-order valence-electron chi connectivity index (χ0n) is 15.1. The van der Waals surface area contributed by atoms with Gasteiger partial charge in [-0.25, -0.2) is 0 Å². The van der Waals surface area contributed by atoms with Crippen molar-refractivity contribution in [2.45, 2.75) is 20.1 Å². The summed E-state index contributed by atoms with van der Waals surface area (Å²) in [6.07, 6.45) is 3.37. The molecule has 0 saturated heterocycles. The summed E-state index contributed by atoms with van der Waals surface area (Å²) >= 11 is 4.31. The monoisotopic (exact) mass is 422 g/mol. The predicted molar refractivity (Wildman–Crippen MR) is 115 cm³/mol. The summed E-state index contributed by atoms with van der Waals surface area (Å²) in [6, 6.07) is 21.3. The van der Waals surface area contributed by atoms with Gasteiger partial charge in [0.1, 0.15) is 0 Å². The quantitative estimate of drug-likeness (QED) is 0.301. The van der Waals surface area contributed by atoms with E-state index in [1.807, 2.05) is 19.9 Å². The third-order valence-corrected chi connectivity index (χ3v) is 13.7. The molecule has 0 heterocycles. The van der Waals surface area contributed by atoms with Gasteiger partial charge in [-0.3, -0.25) is 0 Å². The molecule has 0 aliphatic rings. The van der Waals surface area contributed by atoms with Gasteiger partial charge in [0.15, 0.2) is 0 Å². The minimum absolute atomic E-state index is 0.257. The van der Waals surface area contributed by atoms with Crippen molar-refractivity contribution < 1.29 is 9.47 Å². The summed E-state index contributed by atoms with van der Waals surface area (Å²) in [7, 11) is 0. The standard InChI is InChI=1S/C21H28BrO2P/c1-4-17-25(22,19-13-9-7-10-14-19,20-15-11-8-12-16-20)18-21(23-5-2)24-6-3/h4,7-16,21H,1,5-6,17-18H2,2-3H3. The second-order valence-electron chi connectivity index (χ2n) is 6.04. The Morgan fingerprint density at radius 3 is 1.72 bits per heavy atom. The third kappa shape index (κ3) is 4.41. The Hall–Kier alpha value is -0.990. The average Bonchev–Trinajstić information content (AvgIpc) is 2.64. The van der Waals surface area contributed by atoms with Gasteiger partial charge >= 0.3 is 160 Å². The molecule has 25 heavy (non-hydrogen) atoms. The van der Waals surface area contributed by atoms with E-state index in [0.717, 1.165) is 12.3 Å². The van der Waals surface area contributed by atoms with E-state index >= 15 is 0 Å². The molecule has 0 N–H and O–H groups in total. The number of hydrogen-bond acceptors (Lipinski definition) is 2. The molecule has 0 fully saturated rings. The molecule has 0 atom stereocenters. The molecule has 0 radical (unpaired) electrons. The normalized spacial score (nSPS) is 13.4. The van der Waals surface area contributed by atoms with Crippen LogP contribution in [-0.2, 0) is 9.47 Å². The third-order valence-electron chi connectivity index (χ3n) is 4.44. The number of rotatable bonds is 10. The first-order chi connectivity index (χ1) is 12.1. The second-order valence-corrected chi connectivity index (χ2v) is 15.7. The molecule has 2 aromatic rings. The molecule has 0 unspecified atom stereocenters. The Labute approximate surface area is 159 Å². The minimum atomic E-state index is -2.75. The van der Waals surface area contributed by atoms with E-state index in [1.165, 1.54) is 10.6 Å². The fourth-order valence-corrected chi connectivity index (χ4v) is 10.4. The van der Waals surface area contributed by atoms with Crippen molar-refractivity contribution in [3.63, 3.8) is 0 Å². The summed E-state index contributed by atoms with van der Waals surface area (Å²) in [4.78, 5) is 0. The summed E-state index contributed by atoms with van der Waals surface area (Å²) < 4.78 is 11.9. The van der Waals surface area contributed by atoms with E-state index in [9.17, 15) is 0 Å². The van der Waals surface area contributed by atoms with Crippen LogP contribution in [0.3, 0.4) is 0 Å². The van der Waals surface area contributed by atoms with Gasteiger partial charge in [0, 0.05) is 0 Å². The molecular formula is C21H28BrO2P.